The molecule has 20 heavy (non-hydrogen) atoms. The molecule has 1 aliphatic rings. The molecule has 0 unspecified atom stereocenters. The van der Waals surface area contributed by atoms with Gasteiger partial charge in [0.15, 0.2) is 0 Å². The lowest BCUT2D eigenvalue weighted by Crippen LogP contribution is -2.45. The Morgan fingerprint density at radius 1 is 1.30 bits per heavy atom. The third-order valence-electron chi connectivity index (χ3n) is 3.68. The maximum Gasteiger partial charge on any atom is 0.333 e. The summed E-state index contributed by atoms with van der Waals surface area (Å²) >= 11 is 0. The Morgan fingerprint density at radius 2 is 1.95 bits per heavy atom. The summed E-state index contributed by atoms with van der Waals surface area (Å²) < 4.78 is 4.89. The molecule has 5 heteroatoms. The van der Waals surface area contributed by atoms with E-state index in [2.05, 4.69) is 24.1 Å². The van der Waals surface area contributed by atoms with Crippen molar-refractivity contribution in [1.29, 1.82) is 0 Å². The van der Waals surface area contributed by atoms with Crippen molar-refractivity contribution in [1.82, 2.24) is 10.6 Å². The summed E-state index contributed by atoms with van der Waals surface area (Å²) in [6.07, 6.45) is 6.21. The van der Waals surface area contributed by atoms with Crippen LogP contribution >= 0.6 is 0 Å². The van der Waals surface area contributed by atoms with Crippen LogP contribution in [0.25, 0.3) is 0 Å². The zero-order valence-corrected chi connectivity index (χ0v) is 12.5. The minimum absolute atomic E-state index is 0.164. The zero-order chi connectivity index (χ0) is 15.0. The first kappa shape index (κ1) is 16.5. The van der Waals surface area contributed by atoms with E-state index in [0.717, 1.165) is 0 Å². The second kappa shape index (κ2) is 8.61. The molecule has 0 aromatic carbocycles. The van der Waals surface area contributed by atoms with E-state index in [-0.39, 0.29) is 18.7 Å². The maximum absolute atomic E-state index is 11.7. The molecule has 0 bridgehead atoms. The molecular weight excluding hydrogens is 256 g/mol. The maximum atomic E-state index is 11.7. The van der Waals surface area contributed by atoms with E-state index in [1.54, 1.807) is 6.92 Å². The molecule has 1 saturated carbocycles. The number of nitrogens with one attached hydrogen (secondary N) is 2. The highest BCUT2D eigenvalue weighted by Crippen LogP contribution is 2.26. The van der Waals surface area contributed by atoms with Gasteiger partial charge >= 0.3 is 12.0 Å². The lowest BCUT2D eigenvalue weighted by Gasteiger charge is -2.28. The van der Waals surface area contributed by atoms with Crippen LogP contribution in [-0.4, -0.2) is 31.2 Å². The van der Waals surface area contributed by atoms with Crippen LogP contribution in [0.1, 0.15) is 46.0 Å². The first-order valence-electron chi connectivity index (χ1n) is 7.37. The Bertz CT molecular complexity index is 349. The molecule has 1 fully saturated rings. The van der Waals surface area contributed by atoms with Gasteiger partial charge in [-0.1, -0.05) is 25.8 Å². The number of ether oxygens (including phenoxy) is 1. The summed E-state index contributed by atoms with van der Waals surface area (Å²) in [6, 6.07) is -0.0114. The van der Waals surface area contributed by atoms with Gasteiger partial charge in [0.05, 0.1) is 6.54 Å². The highest BCUT2D eigenvalue weighted by molar-refractivity contribution is 5.86. The van der Waals surface area contributed by atoms with E-state index in [0.29, 0.717) is 18.0 Å². The molecule has 1 rings (SSSR count). The lowest BCUT2D eigenvalue weighted by molar-refractivity contribution is -0.138. The monoisotopic (exact) mass is 282 g/mol. The average molecular weight is 282 g/mol. The zero-order valence-electron chi connectivity index (χ0n) is 12.5. The predicted octanol–water partition coefficient (Wildman–Crippen LogP) is 2.37. The van der Waals surface area contributed by atoms with Crippen molar-refractivity contribution in [2.45, 2.75) is 52.0 Å². The van der Waals surface area contributed by atoms with Gasteiger partial charge in [0.2, 0.25) is 0 Å². The van der Waals surface area contributed by atoms with Gasteiger partial charge in [-0.05, 0) is 32.6 Å². The van der Waals surface area contributed by atoms with E-state index >= 15 is 0 Å². The molecule has 1 aliphatic carbocycles. The van der Waals surface area contributed by atoms with Crippen molar-refractivity contribution < 1.29 is 14.3 Å². The molecule has 2 N–H and O–H groups in total. The van der Waals surface area contributed by atoms with Crippen molar-refractivity contribution in [2.75, 3.05) is 13.2 Å². The van der Waals surface area contributed by atoms with Crippen LogP contribution in [0.15, 0.2) is 12.2 Å². The first-order valence-corrected chi connectivity index (χ1v) is 7.37. The van der Waals surface area contributed by atoms with Crippen LogP contribution in [0.3, 0.4) is 0 Å². The van der Waals surface area contributed by atoms with E-state index in [1.807, 2.05) is 0 Å². The Morgan fingerprint density at radius 3 is 2.55 bits per heavy atom. The van der Waals surface area contributed by atoms with Crippen LogP contribution in [-0.2, 0) is 9.53 Å². The van der Waals surface area contributed by atoms with Crippen LogP contribution in [0, 0.1) is 5.92 Å². The Hall–Kier alpha value is -1.52. The van der Waals surface area contributed by atoms with Crippen LogP contribution in [0.2, 0.25) is 0 Å². The molecule has 0 radical (unpaired) electrons. The second-order valence-electron chi connectivity index (χ2n) is 5.50. The molecule has 1 atom stereocenters. The molecule has 0 aromatic heterocycles. The van der Waals surface area contributed by atoms with Gasteiger partial charge < -0.3 is 15.4 Å². The standard InChI is InChI=1S/C15H26N2O3/c1-11(2)14(18)20-10-9-16-15(19)17-12(3)13-7-5-4-6-8-13/h12-13H,1,4-10H2,2-3H3,(H2,16,17,19)/t12-/m0/s1. The summed E-state index contributed by atoms with van der Waals surface area (Å²) in [5.74, 6) is 0.151. The van der Waals surface area contributed by atoms with E-state index in [4.69, 9.17) is 4.74 Å². The van der Waals surface area contributed by atoms with Gasteiger partial charge in [-0.3, -0.25) is 0 Å². The fourth-order valence-electron chi connectivity index (χ4n) is 2.44. The van der Waals surface area contributed by atoms with Gasteiger partial charge in [-0.25, -0.2) is 9.59 Å². The van der Waals surface area contributed by atoms with Crippen molar-refractivity contribution in [3.63, 3.8) is 0 Å². The van der Waals surface area contributed by atoms with Crippen molar-refractivity contribution in [3.05, 3.63) is 12.2 Å². The summed E-state index contributed by atoms with van der Waals surface area (Å²) in [6.45, 7) is 7.60. The average Bonchev–Trinajstić information content (AvgIpc) is 2.44. The first-order chi connectivity index (χ1) is 9.50. The number of urea groups is 1. The summed E-state index contributed by atoms with van der Waals surface area (Å²) in [4.78, 5) is 22.8. The number of esters is 1. The van der Waals surface area contributed by atoms with Crippen LogP contribution in [0.4, 0.5) is 4.79 Å². The topological polar surface area (TPSA) is 67.4 Å². The Balaban J connectivity index is 2.13. The van der Waals surface area contributed by atoms with Crippen molar-refractivity contribution in [2.24, 2.45) is 5.92 Å². The fourth-order valence-corrected chi connectivity index (χ4v) is 2.44. The summed E-state index contributed by atoms with van der Waals surface area (Å²) in [5, 5.41) is 5.64. The number of carbonyl (C=O) groups excluding carboxylic acids is 2. The third kappa shape index (κ3) is 6.08. The van der Waals surface area contributed by atoms with Crippen molar-refractivity contribution in [3.8, 4) is 0 Å². The smallest absolute Gasteiger partial charge is 0.333 e. The van der Waals surface area contributed by atoms with Crippen LogP contribution in [0.5, 0.6) is 0 Å². The van der Waals surface area contributed by atoms with Gasteiger partial charge in [0.1, 0.15) is 6.61 Å². The van der Waals surface area contributed by atoms with Gasteiger partial charge in [0.25, 0.3) is 0 Å². The molecule has 114 valence electrons. The quantitative estimate of drug-likeness (QED) is 0.446. The highest BCUT2D eigenvalue weighted by Gasteiger charge is 2.21. The Labute approximate surface area is 121 Å². The van der Waals surface area contributed by atoms with E-state index in [9.17, 15) is 9.59 Å². The number of rotatable bonds is 6. The van der Waals surface area contributed by atoms with Crippen LogP contribution < -0.4 is 10.6 Å². The second-order valence-corrected chi connectivity index (χ2v) is 5.50. The highest BCUT2D eigenvalue weighted by atomic mass is 16.5. The van der Waals surface area contributed by atoms with E-state index in [1.165, 1.54) is 32.1 Å². The summed E-state index contributed by atoms with van der Waals surface area (Å²) in [5.41, 5.74) is 0.361. The molecule has 0 saturated heterocycles. The number of carbonyl (C=O) groups is 2. The largest absolute Gasteiger partial charge is 0.460 e. The normalized spacial score (nSPS) is 17.1. The van der Waals surface area contributed by atoms with Gasteiger partial charge in [-0.15, -0.1) is 0 Å². The molecule has 0 heterocycles. The molecular formula is C15H26N2O3. The van der Waals surface area contributed by atoms with Crippen molar-refractivity contribution >= 4 is 12.0 Å². The Kier molecular flexibility index (Phi) is 7.12. The predicted molar refractivity (Wildman–Crippen MR) is 78.3 cm³/mol. The number of hydrogen-bond acceptors (Lipinski definition) is 3. The number of hydrogen-bond donors (Lipinski definition) is 2. The molecule has 0 aromatic rings. The molecule has 2 amide bonds. The molecule has 0 spiro atoms. The number of amides is 2. The minimum atomic E-state index is -0.428. The van der Waals surface area contributed by atoms with Gasteiger partial charge in [0, 0.05) is 11.6 Å². The SMILES string of the molecule is C=C(C)C(=O)OCCNC(=O)N[C@@H](C)C1CCCCC1. The molecule has 0 aliphatic heterocycles. The third-order valence-corrected chi connectivity index (χ3v) is 3.68. The minimum Gasteiger partial charge on any atom is -0.460 e. The lowest BCUT2D eigenvalue weighted by atomic mass is 9.85. The van der Waals surface area contributed by atoms with Gasteiger partial charge in [-0.2, -0.15) is 0 Å². The summed E-state index contributed by atoms with van der Waals surface area (Å²) in [7, 11) is 0. The molecule has 5 nitrogen and oxygen atoms in total. The fraction of sp³-hybridized carbons (Fsp3) is 0.733. The van der Waals surface area contributed by atoms with E-state index < -0.39 is 5.97 Å².